The highest BCUT2D eigenvalue weighted by Crippen LogP contribution is 2.22. The Morgan fingerprint density at radius 1 is 1.05 bits per heavy atom. The molecule has 1 aromatic rings. The van der Waals surface area contributed by atoms with Gasteiger partial charge in [-0.05, 0) is 19.1 Å². The number of para-hydroxylation sites is 1. The molecule has 0 aliphatic heterocycles. The molecule has 2 radical (unpaired) electrons. The molecule has 0 aliphatic carbocycles. The third-order valence-corrected chi connectivity index (χ3v) is 1.95. The lowest BCUT2D eigenvalue weighted by Crippen LogP contribution is -2.16. The topological polar surface area (TPSA) is 60.4 Å². The smallest absolute Gasteiger partial charge is 0.379 e. The minimum Gasteiger partial charge on any atom is -0.421 e. The molecule has 0 heterocycles. The normalized spacial score (nSPS) is 9.36. The van der Waals surface area contributed by atoms with Gasteiger partial charge in [-0.1, -0.05) is 51.2 Å². The molecule has 5 heteroatoms. The summed E-state index contributed by atoms with van der Waals surface area (Å²) in [7, 11) is 5.52. The Hall–Kier alpha value is -1.91. The molecule has 0 amide bonds. The summed E-state index contributed by atoms with van der Waals surface area (Å²) >= 11 is 0. The molecular formula is C17H25BO4. The minimum absolute atomic E-state index is 0.150. The maximum Gasteiger partial charge on any atom is 0.379 e. The number of esters is 1. The van der Waals surface area contributed by atoms with E-state index in [1.54, 1.807) is 37.3 Å². The molecule has 0 saturated carbocycles. The van der Waals surface area contributed by atoms with Crippen molar-refractivity contribution in [2.45, 2.75) is 53.3 Å². The van der Waals surface area contributed by atoms with Gasteiger partial charge in [0.15, 0.2) is 0 Å². The van der Waals surface area contributed by atoms with Crippen LogP contribution < -0.4 is 4.74 Å². The fraction of sp³-hybridized carbons (Fsp3) is 0.471. The summed E-state index contributed by atoms with van der Waals surface area (Å²) in [5, 5.41) is -0.328. The second-order valence-electron chi connectivity index (χ2n) is 5.13. The minimum atomic E-state index is -0.832. The van der Waals surface area contributed by atoms with Crippen molar-refractivity contribution in [2.24, 2.45) is 0 Å². The SMILES string of the molecule is CC.CC(=O)C(=O)Oc1ccccc1.[B]C(C)(C)CC(C)=O. The van der Waals surface area contributed by atoms with E-state index in [0.717, 1.165) is 0 Å². The molecule has 0 atom stereocenters. The number of benzene rings is 1. The van der Waals surface area contributed by atoms with Crippen molar-refractivity contribution in [2.75, 3.05) is 0 Å². The summed E-state index contributed by atoms with van der Waals surface area (Å²) in [5.41, 5.74) is 0. The number of hydrogen-bond donors (Lipinski definition) is 0. The van der Waals surface area contributed by atoms with Crippen LogP contribution in [-0.2, 0) is 14.4 Å². The molecule has 0 aromatic heterocycles. The van der Waals surface area contributed by atoms with Gasteiger partial charge in [-0.25, -0.2) is 4.79 Å². The average Bonchev–Trinajstić information content (AvgIpc) is 2.40. The van der Waals surface area contributed by atoms with Crippen molar-refractivity contribution >= 4 is 25.4 Å². The maximum atomic E-state index is 10.7. The van der Waals surface area contributed by atoms with Crippen molar-refractivity contribution < 1.29 is 19.1 Å². The number of rotatable bonds is 4. The average molecular weight is 304 g/mol. The van der Waals surface area contributed by atoms with Crippen LogP contribution in [0.5, 0.6) is 5.75 Å². The lowest BCUT2D eigenvalue weighted by molar-refractivity contribution is -0.146. The second-order valence-corrected chi connectivity index (χ2v) is 5.13. The maximum absolute atomic E-state index is 10.7. The first kappa shape index (κ1) is 22.4. The highest BCUT2D eigenvalue weighted by molar-refractivity contribution is 6.33. The third-order valence-electron chi connectivity index (χ3n) is 1.95. The van der Waals surface area contributed by atoms with Crippen molar-refractivity contribution in [1.29, 1.82) is 0 Å². The lowest BCUT2D eigenvalue weighted by Gasteiger charge is -2.14. The van der Waals surface area contributed by atoms with Crippen LogP contribution in [-0.4, -0.2) is 25.4 Å². The molecule has 120 valence electrons. The highest BCUT2D eigenvalue weighted by Gasteiger charge is 2.11. The van der Waals surface area contributed by atoms with Gasteiger partial charge in [-0.2, -0.15) is 0 Å². The molecule has 4 nitrogen and oxygen atoms in total. The van der Waals surface area contributed by atoms with E-state index >= 15 is 0 Å². The number of hydrogen-bond acceptors (Lipinski definition) is 4. The van der Waals surface area contributed by atoms with E-state index in [1.807, 2.05) is 27.7 Å². The van der Waals surface area contributed by atoms with E-state index in [9.17, 15) is 14.4 Å². The van der Waals surface area contributed by atoms with Crippen LogP contribution in [0.15, 0.2) is 30.3 Å². The van der Waals surface area contributed by atoms with E-state index in [0.29, 0.717) is 12.2 Å². The summed E-state index contributed by atoms with van der Waals surface area (Å²) in [6.45, 7) is 10.4. The Bertz CT molecular complexity index is 461. The van der Waals surface area contributed by atoms with Gasteiger partial charge < -0.3 is 9.53 Å². The summed E-state index contributed by atoms with van der Waals surface area (Å²) in [4.78, 5) is 31.6. The molecule has 0 aliphatic rings. The molecule has 1 rings (SSSR count). The molecule has 0 spiro atoms. The van der Waals surface area contributed by atoms with Gasteiger partial charge in [0.05, 0.1) is 7.85 Å². The highest BCUT2D eigenvalue weighted by atomic mass is 16.5. The van der Waals surface area contributed by atoms with Crippen LogP contribution in [0.25, 0.3) is 0 Å². The van der Waals surface area contributed by atoms with Gasteiger partial charge in [0, 0.05) is 13.3 Å². The Kier molecular flexibility index (Phi) is 11.9. The Morgan fingerprint density at radius 3 is 1.77 bits per heavy atom. The largest absolute Gasteiger partial charge is 0.421 e. The monoisotopic (exact) mass is 304 g/mol. The molecule has 0 saturated heterocycles. The van der Waals surface area contributed by atoms with Crippen molar-refractivity contribution in [3.8, 4) is 5.75 Å². The van der Waals surface area contributed by atoms with Gasteiger partial charge in [-0.15, -0.1) is 0 Å². The van der Waals surface area contributed by atoms with Crippen molar-refractivity contribution in [3.05, 3.63) is 30.3 Å². The number of ketones is 2. The molecule has 0 fully saturated rings. The zero-order chi connectivity index (χ0) is 17.8. The predicted octanol–water partition coefficient (Wildman–Crippen LogP) is 3.54. The number of carbonyl (C=O) groups is 3. The first-order valence-corrected chi connectivity index (χ1v) is 7.18. The van der Waals surface area contributed by atoms with Gasteiger partial charge in [-0.3, -0.25) is 4.79 Å². The number of carbonyl (C=O) groups excluding carboxylic acids is 3. The fourth-order valence-electron chi connectivity index (χ4n) is 1.31. The number of Topliss-reactive ketones (excluding diaryl/α,β-unsaturated/α-hetero) is 2. The van der Waals surface area contributed by atoms with E-state index in [-0.39, 0.29) is 11.1 Å². The van der Waals surface area contributed by atoms with E-state index in [2.05, 4.69) is 4.74 Å². The summed E-state index contributed by atoms with van der Waals surface area (Å²) in [6, 6.07) is 8.47. The Balaban J connectivity index is 0. The molecule has 0 N–H and O–H groups in total. The van der Waals surface area contributed by atoms with Crippen LogP contribution in [0, 0.1) is 0 Å². The summed E-state index contributed by atoms with van der Waals surface area (Å²) in [5.74, 6) is -0.893. The third kappa shape index (κ3) is 14.5. The van der Waals surface area contributed by atoms with Crippen LogP contribution in [0.1, 0.15) is 48.0 Å². The molecule has 0 bridgehead atoms. The molecule has 1 aromatic carbocycles. The number of ether oxygens (including phenoxy) is 1. The quantitative estimate of drug-likeness (QED) is 0.369. The van der Waals surface area contributed by atoms with E-state index < -0.39 is 11.8 Å². The standard InChI is InChI=1S/C9H8O3.C6H11BO.C2H6/c1-7(10)9(11)12-8-5-3-2-4-6-8;1-5(8)4-6(2,3)7;1-2/h2-6H,1H3;4H2,1-3H3;1-2H3. The van der Waals surface area contributed by atoms with Crippen molar-refractivity contribution in [1.82, 2.24) is 0 Å². The van der Waals surface area contributed by atoms with Crippen LogP contribution in [0.4, 0.5) is 0 Å². The molecule has 22 heavy (non-hydrogen) atoms. The molecule has 0 unspecified atom stereocenters. The van der Waals surface area contributed by atoms with Gasteiger partial charge >= 0.3 is 5.97 Å². The first-order valence-electron chi connectivity index (χ1n) is 7.18. The second kappa shape index (κ2) is 11.7. The Labute approximate surface area is 134 Å². The Morgan fingerprint density at radius 2 is 1.50 bits per heavy atom. The summed E-state index contributed by atoms with van der Waals surface area (Å²) < 4.78 is 4.69. The van der Waals surface area contributed by atoms with Crippen LogP contribution in [0.3, 0.4) is 0 Å². The molecular weight excluding hydrogens is 279 g/mol. The van der Waals surface area contributed by atoms with Gasteiger partial charge in [0.25, 0.3) is 0 Å². The van der Waals surface area contributed by atoms with Crippen LogP contribution in [0.2, 0.25) is 5.31 Å². The van der Waals surface area contributed by atoms with E-state index in [4.69, 9.17) is 7.85 Å². The van der Waals surface area contributed by atoms with Gasteiger partial charge in [0.2, 0.25) is 5.78 Å². The van der Waals surface area contributed by atoms with Crippen LogP contribution >= 0.6 is 0 Å². The lowest BCUT2D eigenvalue weighted by atomic mass is 9.69. The van der Waals surface area contributed by atoms with Gasteiger partial charge in [0.1, 0.15) is 11.5 Å². The summed E-state index contributed by atoms with van der Waals surface area (Å²) in [6.07, 6.45) is 0.465. The van der Waals surface area contributed by atoms with E-state index in [1.165, 1.54) is 6.92 Å². The fourth-order valence-corrected chi connectivity index (χ4v) is 1.31. The zero-order valence-corrected chi connectivity index (χ0v) is 14.3. The predicted molar refractivity (Wildman–Crippen MR) is 89.2 cm³/mol. The van der Waals surface area contributed by atoms with Crippen molar-refractivity contribution in [3.63, 3.8) is 0 Å². The zero-order valence-electron chi connectivity index (χ0n) is 14.3. The first-order chi connectivity index (χ1) is 10.1.